The number of aliphatic hydroxyl groups is 3. The zero-order valence-electron chi connectivity index (χ0n) is 51.9. The second kappa shape index (κ2) is 33.5. The van der Waals surface area contributed by atoms with Gasteiger partial charge in [-0.15, -0.1) is 0 Å². The summed E-state index contributed by atoms with van der Waals surface area (Å²) in [6.07, 6.45) is 0.0884. The number of nitrogens with two attached hydrogens (primary N) is 2. The zero-order valence-corrected chi connectivity index (χ0v) is 53.6. The molecule has 0 spiro atoms. The molecule has 1 aromatic carbocycles. The summed E-state index contributed by atoms with van der Waals surface area (Å²) in [5.74, 6) is -11.0. The Bertz CT molecular complexity index is 2980. The lowest BCUT2D eigenvalue weighted by molar-refractivity contribution is -0.144. The van der Waals surface area contributed by atoms with E-state index in [4.69, 9.17) is 16.2 Å². The maximum atomic E-state index is 15.3. The van der Waals surface area contributed by atoms with Gasteiger partial charge < -0.3 is 77.9 Å². The summed E-state index contributed by atoms with van der Waals surface area (Å²) < 4.78 is 21.1. The largest absolute Gasteiger partial charge is 0.610 e. The number of rotatable bonds is 26. The van der Waals surface area contributed by atoms with Gasteiger partial charge in [0.25, 0.3) is 0 Å². The highest BCUT2D eigenvalue weighted by molar-refractivity contribution is 7.98. The van der Waals surface area contributed by atoms with E-state index >= 15 is 4.55 Å². The quantitative estimate of drug-likeness (QED) is 0.0292. The number of nitrogens with one attached hydrogen (secondary N) is 7. The highest BCUT2D eigenvalue weighted by Gasteiger charge is 2.46. The standard InChI is InChI=1S/C60H89N11O17S2/c1-7-30(3)38(20-35(73)8-2)54(81)64-24-48(77)65-43-29-90(87)58-39(22-41(52(62)79)66-57(84)50(32(5)45(75)27-72)68-56(83)44-21-36(74)26-70(44)60(86)42(23-47(61)76)67-55(43)82)37-15-16-46(88-6)40(51(37)69-58)28-89-18-10-9-17-63-53(80)34-13-11-33(12-14-34)25-71-49(78)19-31(4)59(71)85/h15-16,30-34,36,38,41-45,50,69,72,74-75H,7-14,17-29H2,1-6H3,(H2,61,76)(H2,62,79)(H,63,80)(H,64,81)(H,65,77)(H,66,84)(H,67,82)(H,68,83)/t30-,31?,32-,33?,34?,36+,38-,41-,42-,43-,44-,45-,50-,90?/m0/s1. The van der Waals surface area contributed by atoms with E-state index in [-0.39, 0.29) is 82.8 Å². The molecular formula is C60H89N11O17S2. The van der Waals surface area contributed by atoms with Crippen molar-refractivity contribution in [1.29, 1.82) is 0 Å². The minimum atomic E-state index is -2.45. The number of nitrogens with zero attached hydrogens (tertiary/aromatic N) is 2. The molecule has 498 valence electrons. The van der Waals surface area contributed by atoms with Crippen molar-refractivity contribution < 1.29 is 82.1 Å². The van der Waals surface area contributed by atoms with Crippen LogP contribution in [0.25, 0.3) is 10.9 Å². The van der Waals surface area contributed by atoms with E-state index in [1.165, 1.54) is 30.7 Å². The Morgan fingerprint density at radius 1 is 0.922 bits per heavy atom. The highest BCUT2D eigenvalue weighted by atomic mass is 32.2. The van der Waals surface area contributed by atoms with Crippen molar-refractivity contribution in [3.63, 3.8) is 0 Å². The van der Waals surface area contributed by atoms with Crippen LogP contribution in [0.15, 0.2) is 17.2 Å². The molecule has 90 heavy (non-hydrogen) atoms. The van der Waals surface area contributed by atoms with Crippen LogP contribution >= 0.6 is 11.8 Å². The van der Waals surface area contributed by atoms with E-state index in [9.17, 15) is 72.9 Å². The topological polar surface area (TPSA) is 444 Å². The van der Waals surface area contributed by atoms with Gasteiger partial charge in [-0.25, -0.2) is 0 Å². The lowest BCUT2D eigenvalue weighted by Gasteiger charge is -2.32. The second-order valence-corrected chi connectivity index (χ2v) is 26.7. The number of primary amides is 2. The Balaban J connectivity index is 1.31. The number of aromatic amines is 1. The first-order valence-corrected chi connectivity index (χ1v) is 33.3. The van der Waals surface area contributed by atoms with E-state index < -0.39 is 157 Å². The normalized spacial score (nSPS) is 25.9. The number of likely N-dealkylation sites (tertiary alicyclic amines) is 1. The number of amides is 11. The zero-order chi connectivity index (χ0) is 66.3. The molecule has 4 aliphatic rings. The molecule has 28 nitrogen and oxygen atoms in total. The Morgan fingerprint density at radius 3 is 2.26 bits per heavy atom. The van der Waals surface area contributed by atoms with Crippen molar-refractivity contribution >= 4 is 105 Å². The third-order valence-corrected chi connectivity index (χ3v) is 20.2. The van der Waals surface area contributed by atoms with E-state index in [1.807, 2.05) is 6.92 Å². The maximum absolute atomic E-state index is 15.3. The number of thioether (sulfide) groups is 1. The molecule has 11 amide bonds. The van der Waals surface area contributed by atoms with Gasteiger partial charge in [0.2, 0.25) is 70.0 Å². The number of ketones is 1. The van der Waals surface area contributed by atoms with Crippen LogP contribution < -0.4 is 48.1 Å². The number of unbranched alkanes of at least 4 members (excludes halogenated alkanes) is 1. The fourth-order valence-corrected chi connectivity index (χ4v) is 14.4. The van der Waals surface area contributed by atoms with E-state index in [2.05, 4.69) is 36.9 Å². The van der Waals surface area contributed by atoms with E-state index in [0.717, 1.165) is 17.7 Å². The predicted molar refractivity (Wildman–Crippen MR) is 329 cm³/mol. The molecule has 1 saturated carbocycles. The molecule has 30 heteroatoms. The monoisotopic (exact) mass is 1300 g/mol. The number of carbonyl (C=O) groups is 12. The summed E-state index contributed by atoms with van der Waals surface area (Å²) in [7, 11) is 1.44. The summed E-state index contributed by atoms with van der Waals surface area (Å²) in [5.41, 5.74) is 12.6. The van der Waals surface area contributed by atoms with Gasteiger partial charge in [0.05, 0.1) is 44.4 Å². The molecule has 3 fully saturated rings. The number of aliphatic hydroxyl groups excluding tert-OH is 3. The number of H-pyrrole nitrogens is 1. The number of aromatic nitrogens is 1. The number of methoxy groups -OCH3 is 1. The van der Waals surface area contributed by atoms with Crippen LogP contribution in [0.4, 0.5) is 0 Å². The van der Waals surface area contributed by atoms with Crippen molar-refractivity contribution in [3.05, 3.63) is 23.3 Å². The minimum absolute atomic E-state index is 0.0466. The third kappa shape index (κ3) is 18.7. The lowest BCUT2D eigenvalue weighted by Crippen LogP contribution is -2.61. The Morgan fingerprint density at radius 2 is 1.63 bits per heavy atom. The van der Waals surface area contributed by atoms with E-state index in [1.54, 1.807) is 32.9 Å². The van der Waals surface area contributed by atoms with Gasteiger partial charge in [-0.2, -0.15) is 11.8 Å². The summed E-state index contributed by atoms with van der Waals surface area (Å²) in [6.45, 7) is 6.99. The van der Waals surface area contributed by atoms with Gasteiger partial charge in [-0.3, -0.25) is 62.4 Å². The molecule has 1 aromatic heterocycles. The number of carbonyl (C=O) groups excluding carboxylic acids is 12. The van der Waals surface area contributed by atoms with Crippen LogP contribution in [0.2, 0.25) is 0 Å². The summed E-state index contributed by atoms with van der Waals surface area (Å²) in [6, 6.07) is -5.53. The third-order valence-electron chi connectivity index (χ3n) is 17.7. The van der Waals surface area contributed by atoms with Gasteiger partial charge in [0.15, 0.2) is 6.04 Å². The summed E-state index contributed by atoms with van der Waals surface area (Å²) >= 11 is -0.940. The molecule has 0 radical (unpaired) electrons. The fourth-order valence-electron chi connectivity index (χ4n) is 12.0. The molecule has 2 unspecified atom stereocenters. The van der Waals surface area contributed by atoms with Crippen molar-refractivity contribution in [2.75, 3.05) is 51.4 Å². The van der Waals surface area contributed by atoms with Gasteiger partial charge >= 0.3 is 0 Å². The first-order chi connectivity index (χ1) is 42.7. The van der Waals surface area contributed by atoms with Crippen LogP contribution in [0.3, 0.4) is 0 Å². The average molecular weight is 1300 g/mol. The molecule has 2 aromatic rings. The number of Topliss-reactive ketones (excluding diaryl/α,β-unsaturated/α-hetero) is 1. The van der Waals surface area contributed by atoms with Crippen molar-refractivity contribution in [3.8, 4) is 5.75 Å². The Kier molecular flexibility index (Phi) is 26.8. The molecule has 12 atom stereocenters. The van der Waals surface area contributed by atoms with Gasteiger partial charge in [-0.1, -0.05) is 41.0 Å². The molecule has 0 bridgehead atoms. The van der Waals surface area contributed by atoms with Gasteiger partial charge in [0.1, 0.15) is 41.5 Å². The molecular weight excluding hydrogens is 1210 g/mol. The average Bonchev–Trinajstić information content (AvgIpc) is 1.63. The Labute approximate surface area is 529 Å². The molecule has 6 rings (SSSR count). The number of imide groups is 1. The second-order valence-electron chi connectivity index (χ2n) is 24.1. The van der Waals surface area contributed by atoms with Crippen molar-refractivity contribution in [2.45, 2.75) is 171 Å². The van der Waals surface area contributed by atoms with Crippen molar-refractivity contribution in [1.82, 2.24) is 46.7 Å². The number of ether oxygens (including phenoxy) is 1. The SMILES string of the molecule is CCC(=O)C[C@H](C(=O)NCC(=O)N[C@H]1C[S+]([O-])c2[nH]c3c(CSCCCCNC(=O)C4CCC(CN5C(=O)CC(C)C5=O)CC4)c(OC)ccc3c2C[C@@H](C(N)=O)NC(=O)[C@H]([C@@H](C)[C@@H](O)CO)NC(=O)[C@@H]2C[C@@H](O)CN2C(=O)[C@H](CC(N)=O)NC1=O)[C@@H](C)CC. The molecule has 2 saturated heterocycles. The number of benzene rings is 1. The van der Waals surface area contributed by atoms with Crippen LogP contribution in [-0.2, 0) is 80.9 Å². The predicted octanol–water partition coefficient (Wildman–Crippen LogP) is -1.43. The van der Waals surface area contributed by atoms with Crippen LogP contribution in [0.5, 0.6) is 5.75 Å². The number of fused-ring (bicyclic) bond motifs is 4. The number of hydrogen-bond donors (Lipinski definition) is 12. The summed E-state index contributed by atoms with van der Waals surface area (Å²) in [5, 5.41) is 47.4. The van der Waals surface area contributed by atoms with Crippen LogP contribution in [-0.4, -0.2) is 199 Å². The molecule has 4 heterocycles. The van der Waals surface area contributed by atoms with Crippen LogP contribution in [0, 0.1) is 35.5 Å². The lowest BCUT2D eigenvalue weighted by atomic mass is 9.81. The van der Waals surface area contributed by atoms with Gasteiger partial charge in [-0.05, 0) is 68.2 Å². The van der Waals surface area contributed by atoms with Crippen molar-refractivity contribution in [2.24, 2.45) is 47.0 Å². The molecule has 14 N–H and O–H groups in total. The molecule has 3 aliphatic heterocycles. The molecule has 1 aliphatic carbocycles. The van der Waals surface area contributed by atoms with Gasteiger partial charge in [0, 0.05) is 109 Å². The highest BCUT2D eigenvalue weighted by Crippen LogP contribution is 2.38. The number of hydrogen-bond acceptors (Lipinski definition) is 18. The Hall–Kier alpha value is -6.86. The first kappa shape index (κ1) is 72.2. The smallest absolute Gasteiger partial charge is 0.248 e. The minimum Gasteiger partial charge on any atom is -0.610 e. The van der Waals surface area contributed by atoms with Crippen LogP contribution in [0.1, 0.15) is 123 Å². The maximum Gasteiger partial charge on any atom is 0.248 e. The fraction of sp³-hybridized carbons (Fsp3) is 0.667. The van der Waals surface area contributed by atoms with E-state index in [0.29, 0.717) is 73.2 Å². The summed E-state index contributed by atoms with van der Waals surface area (Å²) in [4.78, 5) is 168. The first-order valence-electron chi connectivity index (χ1n) is 30.8.